The van der Waals surface area contributed by atoms with Crippen molar-refractivity contribution in [3.05, 3.63) is 0 Å². The minimum absolute atomic E-state index is 0.267. The topological polar surface area (TPSA) is 60.9 Å². The molecule has 0 saturated carbocycles. The maximum atomic E-state index is 11.7. The zero-order chi connectivity index (χ0) is 12.8. The number of carboxylic acids is 1. The molecule has 1 aliphatic rings. The first-order valence-corrected chi connectivity index (χ1v) is 7.46. The number of carboxylic acid groups (broad SMARTS) is 1. The van der Waals surface area contributed by atoms with Crippen LogP contribution in [0.3, 0.4) is 0 Å². The standard InChI is InChI=1S/C11H22N2O3S/c1-10(11(14)15)9-17(16)8-7-13-5-3-12(2)4-6-13/h10H,3-9H2,1-2H3,(H,14,15). The van der Waals surface area contributed by atoms with Crippen LogP contribution in [-0.4, -0.2) is 76.4 Å². The summed E-state index contributed by atoms with van der Waals surface area (Å²) in [6, 6.07) is 0. The molecule has 0 spiro atoms. The molecule has 0 aromatic heterocycles. The highest BCUT2D eigenvalue weighted by atomic mass is 32.2. The maximum absolute atomic E-state index is 11.7. The quantitative estimate of drug-likeness (QED) is 0.712. The molecule has 1 fully saturated rings. The van der Waals surface area contributed by atoms with E-state index in [0.29, 0.717) is 5.75 Å². The molecular weight excluding hydrogens is 240 g/mol. The van der Waals surface area contributed by atoms with Gasteiger partial charge in [-0.25, -0.2) is 0 Å². The van der Waals surface area contributed by atoms with Crippen LogP contribution < -0.4 is 0 Å². The first-order chi connectivity index (χ1) is 7.99. The van der Waals surface area contributed by atoms with E-state index in [1.165, 1.54) is 0 Å². The summed E-state index contributed by atoms with van der Waals surface area (Å²) in [6.45, 7) is 6.56. The Morgan fingerprint density at radius 1 is 1.35 bits per heavy atom. The van der Waals surface area contributed by atoms with Gasteiger partial charge in [0, 0.05) is 55.0 Å². The van der Waals surface area contributed by atoms with E-state index in [-0.39, 0.29) is 5.75 Å². The Kier molecular flexibility index (Phi) is 6.08. The fourth-order valence-corrected chi connectivity index (χ4v) is 3.06. The second-order valence-electron chi connectivity index (χ2n) is 4.69. The lowest BCUT2D eigenvalue weighted by Gasteiger charge is -2.32. The average Bonchev–Trinajstić information content (AvgIpc) is 2.28. The highest BCUT2D eigenvalue weighted by Gasteiger charge is 2.17. The van der Waals surface area contributed by atoms with Gasteiger partial charge in [0.15, 0.2) is 0 Å². The van der Waals surface area contributed by atoms with E-state index in [1.54, 1.807) is 6.92 Å². The Labute approximate surface area is 105 Å². The van der Waals surface area contributed by atoms with Crippen molar-refractivity contribution in [3.8, 4) is 0 Å². The lowest BCUT2D eigenvalue weighted by Crippen LogP contribution is -2.45. The van der Waals surface area contributed by atoms with E-state index in [4.69, 9.17) is 5.11 Å². The maximum Gasteiger partial charge on any atom is 0.307 e. The Balaban J connectivity index is 2.17. The molecule has 0 amide bonds. The third kappa shape index (κ3) is 5.61. The lowest BCUT2D eigenvalue weighted by atomic mass is 10.2. The van der Waals surface area contributed by atoms with Gasteiger partial charge < -0.3 is 10.0 Å². The molecule has 17 heavy (non-hydrogen) atoms. The number of piperazine rings is 1. The molecule has 0 radical (unpaired) electrons. The van der Waals surface area contributed by atoms with E-state index < -0.39 is 22.7 Å². The summed E-state index contributed by atoms with van der Waals surface area (Å²) in [5, 5.41) is 8.73. The molecule has 0 aliphatic carbocycles. The highest BCUT2D eigenvalue weighted by Crippen LogP contribution is 2.02. The minimum Gasteiger partial charge on any atom is -0.481 e. The molecule has 0 bridgehead atoms. The summed E-state index contributed by atoms with van der Waals surface area (Å²) in [7, 11) is 1.08. The molecule has 1 rings (SSSR count). The van der Waals surface area contributed by atoms with Crippen LogP contribution in [0.4, 0.5) is 0 Å². The zero-order valence-electron chi connectivity index (χ0n) is 10.6. The predicted molar refractivity (Wildman–Crippen MR) is 68.6 cm³/mol. The van der Waals surface area contributed by atoms with Gasteiger partial charge in [0.05, 0.1) is 5.92 Å². The molecule has 0 aromatic carbocycles. The number of rotatable bonds is 6. The van der Waals surface area contributed by atoms with Crippen molar-refractivity contribution in [1.82, 2.24) is 9.80 Å². The Morgan fingerprint density at radius 2 is 1.94 bits per heavy atom. The zero-order valence-corrected chi connectivity index (χ0v) is 11.4. The molecule has 100 valence electrons. The Bertz CT molecular complexity index is 278. The first kappa shape index (κ1) is 14.6. The predicted octanol–water partition coefficient (Wildman–Crippen LogP) is -0.297. The summed E-state index contributed by atoms with van der Waals surface area (Å²) in [6.07, 6.45) is 0. The van der Waals surface area contributed by atoms with Crippen LogP contribution in [-0.2, 0) is 15.6 Å². The van der Waals surface area contributed by atoms with E-state index in [1.807, 2.05) is 0 Å². The minimum atomic E-state index is -1.02. The fourth-order valence-electron chi connectivity index (χ4n) is 1.74. The first-order valence-electron chi connectivity index (χ1n) is 5.97. The Hall–Kier alpha value is -0.460. The third-order valence-corrected chi connectivity index (χ3v) is 4.60. The molecule has 1 N–H and O–H groups in total. The number of aliphatic carboxylic acids is 1. The van der Waals surface area contributed by atoms with Crippen molar-refractivity contribution < 1.29 is 14.1 Å². The van der Waals surface area contributed by atoms with Gasteiger partial charge in [-0.05, 0) is 7.05 Å². The van der Waals surface area contributed by atoms with Gasteiger partial charge >= 0.3 is 5.97 Å². The normalized spacial score (nSPS) is 22.2. The van der Waals surface area contributed by atoms with Crippen molar-refractivity contribution in [2.24, 2.45) is 5.92 Å². The summed E-state index contributed by atoms with van der Waals surface area (Å²) in [5.74, 6) is -0.522. The largest absolute Gasteiger partial charge is 0.481 e. The molecule has 1 heterocycles. The third-order valence-electron chi connectivity index (χ3n) is 3.09. The van der Waals surface area contributed by atoms with E-state index in [2.05, 4.69) is 16.8 Å². The lowest BCUT2D eigenvalue weighted by molar-refractivity contribution is -0.140. The van der Waals surface area contributed by atoms with Gasteiger partial charge in [0.1, 0.15) is 0 Å². The number of likely N-dealkylation sites (N-methyl/N-ethyl adjacent to an activating group) is 1. The van der Waals surface area contributed by atoms with E-state index >= 15 is 0 Å². The van der Waals surface area contributed by atoms with Gasteiger partial charge in [-0.1, -0.05) is 6.92 Å². The van der Waals surface area contributed by atoms with Gasteiger partial charge in [0.2, 0.25) is 0 Å². The van der Waals surface area contributed by atoms with Crippen molar-refractivity contribution in [2.45, 2.75) is 6.92 Å². The second kappa shape index (κ2) is 7.08. The van der Waals surface area contributed by atoms with Gasteiger partial charge in [-0.15, -0.1) is 0 Å². The molecule has 0 aromatic rings. The van der Waals surface area contributed by atoms with Crippen LogP contribution in [0.1, 0.15) is 6.92 Å². The molecule has 6 heteroatoms. The summed E-state index contributed by atoms with van der Waals surface area (Å²) in [4.78, 5) is 15.2. The molecule has 1 saturated heterocycles. The van der Waals surface area contributed by atoms with Crippen LogP contribution >= 0.6 is 0 Å². The number of carbonyl (C=O) groups is 1. The molecular formula is C11H22N2O3S. The van der Waals surface area contributed by atoms with Crippen LogP contribution in [0.2, 0.25) is 0 Å². The van der Waals surface area contributed by atoms with Crippen LogP contribution in [0, 0.1) is 5.92 Å². The van der Waals surface area contributed by atoms with Gasteiger partial charge in [-0.3, -0.25) is 13.9 Å². The monoisotopic (exact) mass is 262 g/mol. The number of hydrogen-bond acceptors (Lipinski definition) is 4. The van der Waals surface area contributed by atoms with Crippen LogP contribution in [0.25, 0.3) is 0 Å². The van der Waals surface area contributed by atoms with Crippen molar-refractivity contribution in [3.63, 3.8) is 0 Å². The molecule has 5 nitrogen and oxygen atoms in total. The van der Waals surface area contributed by atoms with Crippen molar-refractivity contribution in [2.75, 3.05) is 51.3 Å². The van der Waals surface area contributed by atoms with Crippen molar-refractivity contribution in [1.29, 1.82) is 0 Å². The average molecular weight is 262 g/mol. The van der Waals surface area contributed by atoms with E-state index in [0.717, 1.165) is 32.7 Å². The highest BCUT2D eigenvalue weighted by molar-refractivity contribution is 7.85. The molecule has 1 aliphatic heterocycles. The number of hydrogen-bond donors (Lipinski definition) is 1. The Morgan fingerprint density at radius 3 is 2.47 bits per heavy atom. The van der Waals surface area contributed by atoms with Gasteiger partial charge in [0.25, 0.3) is 0 Å². The van der Waals surface area contributed by atoms with E-state index in [9.17, 15) is 9.00 Å². The molecule has 2 unspecified atom stereocenters. The second-order valence-corrected chi connectivity index (χ2v) is 6.32. The van der Waals surface area contributed by atoms with Gasteiger partial charge in [-0.2, -0.15) is 0 Å². The summed E-state index contributed by atoms with van der Waals surface area (Å²) in [5.41, 5.74) is 0. The van der Waals surface area contributed by atoms with Crippen LogP contribution in [0.15, 0.2) is 0 Å². The smallest absolute Gasteiger partial charge is 0.307 e. The number of nitrogens with zero attached hydrogens (tertiary/aromatic N) is 2. The van der Waals surface area contributed by atoms with Crippen molar-refractivity contribution >= 4 is 16.8 Å². The summed E-state index contributed by atoms with van der Waals surface area (Å²) >= 11 is 0. The fraction of sp³-hybridized carbons (Fsp3) is 0.909. The SMILES string of the molecule is CC(CS(=O)CCN1CCN(C)CC1)C(=O)O. The molecule has 2 atom stereocenters. The summed E-state index contributed by atoms with van der Waals surface area (Å²) < 4.78 is 11.7. The van der Waals surface area contributed by atoms with Crippen LogP contribution in [0.5, 0.6) is 0 Å².